The molecule has 0 spiro atoms. The zero-order valence-electron chi connectivity index (χ0n) is 9.32. The predicted octanol–water partition coefficient (Wildman–Crippen LogP) is 3.92. The van der Waals surface area contributed by atoms with E-state index < -0.39 is 0 Å². The van der Waals surface area contributed by atoms with Gasteiger partial charge in [0, 0.05) is 4.90 Å². The molecule has 1 aromatic heterocycles. The molecule has 0 unspecified atom stereocenters. The maximum atomic E-state index is 4.61. The van der Waals surface area contributed by atoms with E-state index >= 15 is 0 Å². The fourth-order valence-corrected chi connectivity index (χ4v) is 3.25. The highest BCUT2D eigenvalue weighted by atomic mass is 32.1. The number of para-hydroxylation sites is 2. The molecule has 0 saturated carbocycles. The Labute approximate surface area is 120 Å². The summed E-state index contributed by atoms with van der Waals surface area (Å²) in [4.78, 5) is 6.32. The molecule has 5 heteroatoms. The van der Waals surface area contributed by atoms with Crippen LogP contribution in [0.2, 0.25) is 0 Å². The average molecular weight is 290 g/mol. The Morgan fingerprint density at radius 3 is 2.50 bits per heavy atom. The topological polar surface area (TPSA) is 17.3 Å². The van der Waals surface area contributed by atoms with Crippen LogP contribution < -0.4 is 4.80 Å². The minimum absolute atomic E-state index is 0.848. The Morgan fingerprint density at radius 1 is 1.00 bits per heavy atom. The maximum Gasteiger partial charge on any atom is 0.201 e. The van der Waals surface area contributed by atoms with Crippen LogP contribution in [0.3, 0.4) is 0 Å². The van der Waals surface area contributed by atoms with E-state index in [-0.39, 0.29) is 0 Å². The molecule has 0 aliphatic rings. The van der Waals surface area contributed by atoms with Gasteiger partial charge in [-0.3, -0.25) is 3.97 Å². The second kappa shape index (κ2) is 4.84. The Morgan fingerprint density at radius 2 is 1.72 bits per heavy atom. The fourth-order valence-electron chi connectivity index (χ4n) is 1.70. The van der Waals surface area contributed by atoms with Gasteiger partial charge in [-0.05, 0) is 24.3 Å². The first kappa shape index (κ1) is 11.9. The molecule has 2 aromatic carbocycles. The molecule has 18 heavy (non-hydrogen) atoms. The highest BCUT2D eigenvalue weighted by Crippen LogP contribution is 2.23. The number of fused-ring (bicyclic) bond motifs is 1. The first-order valence-corrected chi connectivity index (χ1v) is 7.04. The Hall–Kier alpha value is -1.17. The Kier molecular flexibility index (Phi) is 3.20. The van der Waals surface area contributed by atoms with E-state index in [1.807, 2.05) is 42.5 Å². The van der Waals surface area contributed by atoms with Gasteiger partial charge in [-0.1, -0.05) is 48.4 Å². The number of thiol groups is 2. The molecule has 0 fully saturated rings. The molecular formula is C13H10N2S3. The zero-order chi connectivity index (χ0) is 12.5. The van der Waals surface area contributed by atoms with Crippen molar-refractivity contribution < 1.29 is 0 Å². The Bertz CT molecular complexity index is 771. The van der Waals surface area contributed by atoms with E-state index in [1.165, 1.54) is 4.70 Å². The van der Waals surface area contributed by atoms with Crippen molar-refractivity contribution in [1.29, 1.82) is 0 Å². The largest absolute Gasteiger partial charge is 0.261 e. The molecule has 90 valence electrons. The van der Waals surface area contributed by atoms with Crippen molar-refractivity contribution in [3.05, 3.63) is 53.3 Å². The molecule has 0 N–H and O–H groups in total. The third-order valence-corrected chi connectivity index (χ3v) is 4.51. The number of hydrogen-bond donors (Lipinski definition) is 2. The SMILES string of the molecule is Sc1ccccc1N=c1sc2ccccc2n1S. The van der Waals surface area contributed by atoms with E-state index in [0.29, 0.717) is 0 Å². The van der Waals surface area contributed by atoms with Crippen molar-refractivity contribution in [3.8, 4) is 0 Å². The molecule has 1 heterocycles. The minimum Gasteiger partial charge on any atom is -0.261 e. The van der Waals surface area contributed by atoms with Crippen LogP contribution in [0.15, 0.2) is 58.4 Å². The zero-order valence-corrected chi connectivity index (χ0v) is 11.9. The monoisotopic (exact) mass is 290 g/mol. The summed E-state index contributed by atoms with van der Waals surface area (Å²) in [5.41, 5.74) is 1.93. The lowest BCUT2D eigenvalue weighted by atomic mass is 10.3. The summed E-state index contributed by atoms with van der Waals surface area (Å²) in [7, 11) is 0. The van der Waals surface area contributed by atoms with Crippen molar-refractivity contribution in [1.82, 2.24) is 3.97 Å². The van der Waals surface area contributed by atoms with E-state index in [4.69, 9.17) is 0 Å². The summed E-state index contributed by atoms with van der Waals surface area (Å²) in [5, 5.41) is 0. The van der Waals surface area contributed by atoms with Gasteiger partial charge in [-0.15, -0.1) is 12.6 Å². The average Bonchev–Trinajstić information content (AvgIpc) is 2.70. The molecule has 3 rings (SSSR count). The molecule has 0 saturated heterocycles. The molecule has 0 aliphatic heterocycles. The van der Waals surface area contributed by atoms with E-state index in [1.54, 1.807) is 15.3 Å². The lowest BCUT2D eigenvalue weighted by Crippen LogP contribution is -2.04. The van der Waals surface area contributed by atoms with Crippen LogP contribution in [0.5, 0.6) is 0 Å². The quantitative estimate of drug-likeness (QED) is 0.633. The van der Waals surface area contributed by atoms with Gasteiger partial charge in [0.25, 0.3) is 0 Å². The standard InChI is InChI=1S/C13H10N2S3/c16-11-7-3-1-5-9(11)14-13-15(17)10-6-2-4-8-12(10)18-13/h1-8,16-17H. The molecule has 0 radical (unpaired) electrons. The fraction of sp³-hybridized carbons (Fsp3) is 0. The van der Waals surface area contributed by atoms with Gasteiger partial charge in [0.2, 0.25) is 4.80 Å². The van der Waals surface area contributed by atoms with Crippen LogP contribution in [0.25, 0.3) is 10.2 Å². The van der Waals surface area contributed by atoms with Crippen molar-refractivity contribution in [2.24, 2.45) is 4.99 Å². The minimum atomic E-state index is 0.848. The van der Waals surface area contributed by atoms with Gasteiger partial charge < -0.3 is 0 Å². The molecule has 3 aromatic rings. The van der Waals surface area contributed by atoms with Crippen LogP contribution in [0, 0.1) is 0 Å². The van der Waals surface area contributed by atoms with Crippen molar-refractivity contribution in [2.75, 3.05) is 0 Å². The summed E-state index contributed by atoms with van der Waals surface area (Å²) < 4.78 is 2.98. The summed E-state index contributed by atoms with van der Waals surface area (Å²) in [6.07, 6.45) is 0. The molecule has 2 nitrogen and oxygen atoms in total. The number of thiazole rings is 1. The van der Waals surface area contributed by atoms with Crippen LogP contribution in [-0.4, -0.2) is 3.97 Å². The number of aromatic nitrogens is 1. The third-order valence-electron chi connectivity index (χ3n) is 2.57. The van der Waals surface area contributed by atoms with Crippen LogP contribution in [0.4, 0.5) is 5.69 Å². The third kappa shape index (κ3) is 2.09. The van der Waals surface area contributed by atoms with Gasteiger partial charge in [-0.2, -0.15) is 0 Å². The highest BCUT2D eigenvalue weighted by molar-refractivity contribution is 7.80. The predicted molar refractivity (Wildman–Crippen MR) is 83.1 cm³/mol. The Balaban J connectivity index is 2.27. The highest BCUT2D eigenvalue weighted by Gasteiger charge is 2.03. The van der Waals surface area contributed by atoms with Crippen LogP contribution in [-0.2, 0) is 0 Å². The van der Waals surface area contributed by atoms with Crippen molar-refractivity contribution in [3.63, 3.8) is 0 Å². The summed E-state index contributed by atoms with van der Waals surface area (Å²) >= 11 is 10.5. The first-order chi connectivity index (χ1) is 8.75. The van der Waals surface area contributed by atoms with Gasteiger partial charge in [-0.25, -0.2) is 4.99 Å². The van der Waals surface area contributed by atoms with Crippen molar-refractivity contribution >= 4 is 52.7 Å². The number of benzene rings is 2. The summed E-state index contributed by atoms with van der Waals surface area (Å²) in [5.74, 6) is 0. The van der Waals surface area contributed by atoms with E-state index in [2.05, 4.69) is 36.5 Å². The summed E-state index contributed by atoms with van der Waals surface area (Å²) in [6, 6.07) is 15.9. The van der Waals surface area contributed by atoms with Crippen LogP contribution in [0.1, 0.15) is 0 Å². The number of rotatable bonds is 1. The van der Waals surface area contributed by atoms with Gasteiger partial charge in [0.05, 0.1) is 15.9 Å². The maximum absolute atomic E-state index is 4.61. The number of nitrogens with zero attached hydrogens (tertiary/aromatic N) is 2. The molecular weight excluding hydrogens is 280 g/mol. The molecule has 0 bridgehead atoms. The molecule has 0 atom stereocenters. The van der Waals surface area contributed by atoms with E-state index in [9.17, 15) is 0 Å². The first-order valence-electron chi connectivity index (χ1n) is 5.38. The lowest BCUT2D eigenvalue weighted by molar-refractivity contribution is 1.19. The number of hydrogen-bond acceptors (Lipinski definition) is 4. The normalized spacial score (nSPS) is 12.2. The smallest absolute Gasteiger partial charge is 0.201 e. The van der Waals surface area contributed by atoms with E-state index in [0.717, 1.165) is 20.9 Å². The second-order valence-corrected chi connectivity index (χ2v) is 5.66. The van der Waals surface area contributed by atoms with Gasteiger partial charge in [0.1, 0.15) is 0 Å². The molecule has 0 amide bonds. The van der Waals surface area contributed by atoms with Gasteiger partial charge >= 0.3 is 0 Å². The second-order valence-electron chi connectivity index (χ2n) is 3.76. The molecule has 0 aliphatic carbocycles. The van der Waals surface area contributed by atoms with Crippen molar-refractivity contribution in [2.45, 2.75) is 4.90 Å². The van der Waals surface area contributed by atoms with Gasteiger partial charge in [0.15, 0.2) is 0 Å². The lowest BCUT2D eigenvalue weighted by Gasteiger charge is -1.97. The van der Waals surface area contributed by atoms with Crippen LogP contribution >= 0.6 is 36.8 Å². The summed E-state index contributed by atoms with van der Waals surface area (Å²) in [6.45, 7) is 0.